The lowest BCUT2D eigenvalue weighted by molar-refractivity contribution is 0.102. The van der Waals surface area contributed by atoms with E-state index in [0.29, 0.717) is 28.5 Å². The van der Waals surface area contributed by atoms with Gasteiger partial charge in [0.15, 0.2) is 0 Å². The summed E-state index contributed by atoms with van der Waals surface area (Å²) in [6.45, 7) is 0.365. The second kappa shape index (κ2) is 8.17. The number of amides is 3. The van der Waals surface area contributed by atoms with E-state index in [1.807, 2.05) is 0 Å². The van der Waals surface area contributed by atoms with Crippen molar-refractivity contribution in [3.05, 3.63) is 77.1 Å². The van der Waals surface area contributed by atoms with Crippen molar-refractivity contribution in [2.45, 2.75) is 6.54 Å². The van der Waals surface area contributed by atoms with Gasteiger partial charge in [-0.15, -0.1) is 0 Å². The summed E-state index contributed by atoms with van der Waals surface area (Å²) in [6.07, 6.45) is 3.34. The zero-order valence-corrected chi connectivity index (χ0v) is 14.4. The van der Waals surface area contributed by atoms with E-state index in [4.69, 9.17) is 11.6 Å². The highest BCUT2D eigenvalue weighted by Crippen LogP contribution is 2.15. The summed E-state index contributed by atoms with van der Waals surface area (Å²) in [6, 6.07) is 13.1. The molecule has 3 aromatic rings. The molecule has 0 fully saturated rings. The molecule has 0 aliphatic carbocycles. The van der Waals surface area contributed by atoms with Gasteiger partial charge >= 0.3 is 6.03 Å². The minimum Gasteiger partial charge on any atom is -0.334 e. The van der Waals surface area contributed by atoms with E-state index in [9.17, 15) is 9.59 Å². The Balaban J connectivity index is 1.53. The lowest BCUT2D eigenvalue weighted by atomic mass is 10.2. The molecule has 0 unspecified atom stereocenters. The largest absolute Gasteiger partial charge is 0.334 e. The number of anilines is 2. The van der Waals surface area contributed by atoms with Crippen molar-refractivity contribution in [3.63, 3.8) is 0 Å². The molecule has 132 valence electrons. The van der Waals surface area contributed by atoms with Crippen LogP contribution < -0.4 is 16.0 Å². The quantitative estimate of drug-likeness (QED) is 0.552. The van der Waals surface area contributed by atoms with E-state index in [1.54, 1.807) is 60.9 Å². The smallest absolute Gasteiger partial charge is 0.319 e. The summed E-state index contributed by atoms with van der Waals surface area (Å²) < 4.78 is 0. The second-order valence-corrected chi connectivity index (χ2v) is 5.89. The molecule has 3 rings (SSSR count). The Labute approximate surface area is 154 Å². The van der Waals surface area contributed by atoms with E-state index in [0.717, 1.165) is 5.56 Å². The number of hydrogen-bond acceptors (Lipinski definition) is 3. The van der Waals surface area contributed by atoms with Crippen molar-refractivity contribution in [3.8, 4) is 0 Å². The number of carbonyl (C=O) groups is 2. The summed E-state index contributed by atoms with van der Waals surface area (Å²) in [4.78, 5) is 24.1. The van der Waals surface area contributed by atoms with Crippen LogP contribution in [0.5, 0.6) is 0 Å². The fourth-order valence-electron chi connectivity index (χ4n) is 2.17. The van der Waals surface area contributed by atoms with Crippen molar-refractivity contribution in [1.29, 1.82) is 0 Å². The van der Waals surface area contributed by atoms with Gasteiger partial charge in [-0.2, -0.15) is 5.10 Å². The Hall–Kier alpha value is -3.32. The van der Waals surface area contributed by atoms with E-state index < -0.39 is 0 Å². The van der Waals surface area contributed by atoms with E-state index >= 15 is 0 Å². The summed E-state index contributed by atoms with van der Waals surface area (Å²) in [5.74, 6) is -0.247. The highest BCUT2D eigenvalue weighted by molar-refractivity contribution is 6.30. The fourth-order valence-corrected chi connectivity index (χ4v) is 2.30. The van der Waals surface area contributed by atoms with Gasteiger partial charge in [0, 0.05) is 40.3 Å². The van der Waals surface area contributed by atoms with E-state index in [-0.39, 0.29) is 11.9 Å². The predicted octanol–water partition coefficient (Wildman–Crippen LogP) is 3.64. The molecule has 26 heavy (non-hydrogen) atoms. The third-order valence-corrected chi connectivity index (χ3v) is 3.77. The molecule has 0 aliphatic heterocycles. The molecular formula is C18H16ClN5O2. The van der Waals surface area contributed by atoms with Gasteiger partial charge in [-0.05, 0) is 48.5 Å². The van der Waals surface area contributed by atoms with E-state index in [1.165, 1.54) is 0 Å². The Morgan fingerprint density at radius 1 is 0.962 bits per heavy atom. The van der Waals surface area contributed by atoms with Gasteiger partial charge in [0.25, 0.3) is 5.91 Å². The first-order valence-electron chi connectivity index (χ1n) is 7.79. The van der Waals surface area contributed by atoms with Gasteiger partial charge in [0.2, 0.25) is 0 Å². The van der Waals surface area contributed by atoms with Gasteiger partial charge in [-0.1, -0.05) is 11.6 Å². The first kappa shape index (κ1) is 17.5. The fraction of sp³-hybridized carbons (Fsp3) is 0.0556. The van der Waals surface area contributed by atoms with Crippen LogP contribution in [-0.2, 0) is 6.54 Å². The SMILES string of the molecule is O=C(NCc1cn[nH]c1)Nc1ccc(C(=O)Nc2ccc(Cl)cc2)cc1. The summed E-state index contributed by atoms with van der Waals surface area (Å²) in [7, 11) is 0. The first-order valence-corrected chi connectivity index (χ1v) is 8.17. The maximum atomic E-state index is 12.2. The number of nitrogens with zero attached hydrogens (tertiary/aromatic N) is 1. The van der Waals surface area contributed by atoms with Crippen LogP contribution >= 0.6 is 11.6 Å². The Kier molecular flexibility index (Phi) is 5.50. The van der Waals surface area contributed by atoms with Gasteiger partial charge in [0.1, 0.15) is 0 Å². The number of benzene rings is 2. The number of rotatable bonds is 5. The van der Waals surface area contributed by atoms with Crippen molar-refractivity contribution in [1.82, 2.24) is 15.5 Å². The topological polar surface area (TPSA) is 98.9 Å². The van der Waals surface area contributed by atoms with Crippen LogP contribution in [0.4, 0.5) is 16.2 Å². The summed E-state index contributed by atoms with van der Waals surface area (Å²) >= 11 is 5.82. The number of aromatic amines is 1. The molecule has 8 heteroatoms. The molecule has 4 N–H and O–H groups in total. The number of hydrogen-bond donors (Lipinski definition) is 4. The zero-order valence-electron chi connectivity index (χ0n) is 13.6. The maximum absolute atomic E-state index is 12.2. The minimum atomic E-state index is -0.343. The van der Waals surface area contributed by atoms with Crippen LogP contribution in [0.15, 0.2) is 60.9 Å². The molecule has 2 aromatic carbocycles. The minimum absolute atomic E-state index is 0.247. The maximum Gasteiger partial charge on any atom is 0.319 e. The van der Waals surface area contributed by atoms with Crippen LogP contribution in [0.1, 0.15) is 15.9 Å². The third kappa shape index (κ3) is 4.84. The Bertz CT molecular complexity index is 877. The van der Waals surface area contributed by atoms with Crippen molar-refractivity contribution in [2.24, 2.45) is 0 Å². The number of nitrogens with one attached hydrogen (secondary N) is 4. The normalized spacial score (nSPS) is 10.2. The monoisotopic (exact) mass is 369 g/mol. The third-order valence-electron chi connectivity index (χ3n) is 3.51. The van der Waals surface area contributed by atoms with Crippen LogP contribution in [0.25, 0.3) is 0 Å². The molecule has 3 amide bonds. The van der Waals surface area contributed by atoms with Crippen molar-refractivity contribution in [2.75, 3.05) is 10.6 Å². The molecule has 1 aromatic heterocycles. The molecule has 0 saturated heterocycles. The number of carbonyl (C=O) groups excluding carboxylic acids is 2. The molecular weight excluding hydrogens is 354 g/mol. The molecule has 0 atom stereocenters. The molecule has 0 radical (unpaired) electrons. The highest BCUT2D eigenvalue weighted by atomic mass is 35.5. The lowest BCUT2D eigenvalue weighted by Gasteiger charge is -2.08. The molecule has 0 bridgehead atoms. The molecule has 0 spiro atoms. The van der Waals surface area contributed by atoms with Gasteiger partial charge < -0.3 is 16.0 Å². The van der Waals surface area contributed by atoms with Crippen LogP contribution in [0, 0.1) is 0 Å². The predicted molar refractivity (Wildman–Crippen MR) is 100 cm³/mol. The number of halogens is 1. The van der Waals surface area contributed by atoms with Crippen LogP contribution in [-0.4, -0.2) is 22.1 Å². The molecule has 0 saturated carbocycles. The van der Waals surface area contributed by atoms with Crippen molar-refractivity contribution < 1.29 is 9.59 Å². The van der Waals surface area contributed by atoms with Gasteiger partial charge in [-0.3, -0.25) is 9.89 Å². The van der Waals surface area contributed by atoms with Gasteiger partial charge in [0.05, 0.1) is 6.20 Å². The average molecular weight is 370 g/mol. The summed E-state index contributed by atoms with van der Waals surface area (Å²) in [5, 5.41) is 15.3. The number of aromatic nitrogens is 2. The van der Waals surface area contributed by atoms with Crippen LogP contribution in [0.2, 0.25) is 5.02 Å². The average Bonchev–Trinajstić information content (AvgIpc) is 3.16. The number of H-pyrrole nitrogens is 1. The number of urea groups is 1. The molecule has 7 nitrogen and oxygen atoms in total. The summed E-state index contributed by atoms with van der Waals surface area (Å²) in [5.41, 5.74) is 2.58. The highest BCUT2D eigenvalue weighted by Gasteiger charge is 2.07. The Morgan fingerprint density at radius 3 is 2.27 bits per heavy atom. The molecule has 1 heterocycles. The Morgan fingerprint density at radius 2 is 1.62 bits per heavy atom. The standard InChI is InChI=1S/C18H16ClN5O2/c19-14-3-7-15(8-4-14)23-17(25)13-1-5-16(6-2-13)24-18(26)20-9-12-10-21-22-11-12/h1-8,10-11H,9H2,(H,21,22)(H,23,25)(H2,20,24,26). The van der Waals surface area contributed by atoms with Crippen molar-refractivity contribution >= 4 is 34.9 Å². The van der Waals surface area contributed by atoms with Gasteiger partial charge in [-0.25, -0.2) is 4.79 Å². The zero-order chi connectivity index (χ0) is 18.4. The second-order valence-electron chi connectivity index (χ2n) is 5.45. The van der Waals surface area contributed by atoms with Crippen LogP contribution in [0.3, 0.4) is 0 Å². The van der Waals surface area contributed by atoms with E-state index in [2.05, 4.69) is 26.1 Å². The first-order chi connectivity index (χ1) is 12.6. The lowest BCUT2D eigenvalue weighted by Crippen LogP contribution is -2.28. The molecule has 0 aliphatic rings.